The molecule has 1 aliphatic rings. The van der Waals surface area contributed by atoms with Gasteiger partial charge in [-0.2, -0.15) is 0 Å². The summed E-state index contributed by atoms with van der Waals surface area (Å²) >= 11 is 5.75. The highest BCUT2D eigenvalue weighted by molar-refractivity contribution is 6.30. The van der Waals surface area contributed by atoms with Gasteiger partial charge < -0.3 is 10.5 Å². The average molecular weight is 212 g/mol. The largest absolute Gasteiger partial charge is 0.494 e. The Hall–Kier alpha value is -0.730. The Morgan fingerprint density at radius 1 is 1.29 bits per heavy atom. The number of ether oxygens (including phenoxy) is 1. The minimum absolute atomic E-state index is 0.0758. The van der Waals surface area contributed by atoms with Crippen LogP contribution in [0.3, 0.4) is 0 Å². The molecule has 1 fully saturated rings. The molecule has 1 aliphatic carbocycles. The molecular weight excluding hydrogens is 198 g/mol. The maximum atomic E-state index is 5.93. The summed E-state index contributed by atoms with van der Waals surface area (Å²) in [4.78, 5) is 0. The van der Waals surface area contributed by atoms with E-state index >= 15 is 0 Å². The zero-order valence-electron chi connectivity index (χ0n) is 8.00. The van der Waals surface area contributed by atoms with Gasteiger partial charge in [0.15, 0.2) is 0 Å². The van der Waals surface area contributed by atoms with Crippen LogP contribution in [-0.4, -0.2) is 12.1 Å². The van der Waals surface area contributed by atoms with Gasteiger partial charge in [0, 0.05) is 10.6 Å². The highest BCUT2D eigenvalue weighted by Gasteiger charge is 2.37. The van der Waals surface area contributed by atoms with Gasteiger partial charge in [-0.3, -0.25) is 0 Å². The third-order valence-corrected chi connectivity index (χ3v) is 2.83. The first-order valence-electron chi connectivity index (χ1n) is 4.85. The Balaban J connectivity index is 1.77. The lowest BCUT2D eigenvalue weighted by atomic mass is 10.2. The quantitative estimate of drug-likeness (QED) is 0.831. The van der Waals surface area contributed by atoms with Gasteiger partial charge in [-0.05, 0) is 43.5 Å². The lowest BCUT2D eigenvalue weighted by Gasteiger charge is -2.09. The molecule has 0 unspecified atom stereocenters. The SMILES string of the molecule is NC1(CCOc2ccc(Cl)cc2)CC1. The van der Waals surface area contributed by atoms with Crippen molar-refractivity contribution >= 4 is 11.6 Å². The van der Waals surface area contributed by atoms with Crippen LogP contribution in [0, 0.1) is 0 Å². The summed E-state index contributed by atoms with van der Waals surface area (Å²) in [6, 6.07) is 7.40. The van der Waals surface area contributed by atoms with E-state index in [9.17, 15) is 0 Å². The first kappa shape index (κ1) is 9.81. The molecule has 0 spiro atoms. The predicted molar refractivity (Wildman–Crippen MR) is 57.7 cm³/mol. The molecule has 0 atom stereocenters. The van der Waals surface area contributed by atoms with Crippen molar-refractivity contribution in [3.63, 3.8) is 0 Å². The fourth-order valence-corrected chi connectivity index (χ4v) is 1.44. The number of hydrogen-bond acceptors (Lipinski definition) is 2. The van der Waals surface area contributed by atoms with Crippen molar-refractivity contribution in [3.05, 3.63) is 29.3 Å². The molecule has 0 aromatic heterocycles. The van der Waals surface area contributed by atoms with Crippen LogP contribution >= 0.6 is 11.6 Å². The second-order valence-corrected chi connectivity index (χ2v) is 4.35. The van der Waals surface area contributed by atoms with Crippen molar-refractivity contribution in [2.24, 2.45) is 5.73 Å². The molecule has 2 N–H and O–H groups in total. The summed E-state index contributed by atoms with van der Waals surface area (Å²) in [5, 5.41) is 0.731. The summed E-state index contributed by atoms with van der Waals surface area (Å²) in [5.41, 5.74) is 6.01. The van der Waals surface area contributed by atoms with E-state index < -0.39 is 0 Å². The molecule has 0 aliphatic heterocycles. The molecule has 0 radical (unpaired) electrons. The summed E-state index contributed by atoms with van der Waals surface area (Å²) in [7, 11) is 0. The smallest absolute Gasteiger partial charge is 0.119 e. The van der Waals surface area contributed by atoms with Crippen molar-refractivity contribution in [2.75, 3.05) is 6.61 Å². The molecule has 76 valence electrons. The van der Waals surface area contributed by atoms with E-state index in [1.54, 1.807) is 0 Å². The number of halogens is 1. The van der Waals surface area contributed by atoms with Crippen LogP contribution in [0.2, 0.25) is 5.02 Å². The molecule has 2 nitrogen and oxygen atoms in total. The summed E-state index contributed by atoms with van der Waals surface area (Å²) in [5.74, 6) is 0.860. The monoisotopic (exact) mass is 211 g/mol. The van der Waals surface area contributed by atoms with E-state index in [0.717, 1.165) is 30.0 Å². The molecule has 1 aromatic carbocycles. The van der Waals surface area contributed by atoms with E-state index in [-0.39, 0.29) is 5.54 Å². The van der Waals surface area contributed by atoms with Crippen molar-refractivity contribution in [1.29, 1.82) is 0 Å². The number of rotatable bonds is 4. The first-order valence-corrected chi connectivity index (χ1v) is 5.23. The molecule has 14 heavy (non-hydrogen) atoms. The average Bonchev–Trinajstić information content (AvgIpc) is 2.88. The summed E-state index contributed by atoms with van der Waals surface area (Å²) in [6.45, 7) is 0.693. The topological polar surface area (TPSA) is 35.2 Å². The van der Waals surface area contributed by atoms with Gasteiger partial charge in [-0.15, -0.1) is 0 Å². The summed E-state index contributed by atoms with van der Waals surface area (Å²) < 4.78 is 5.54. The van der Waals surface area contributed by atoms with Gasteiger partial charge in [0.25, 0.3) is 0 Å². The molecule has 0 amide bonds. The minimum atomic E-state index is 0.0758. The van der Waals surface area contributed by atoms with Crippen LogP contribution < -0.4 is 10.5 Å². The Morgan fingerprint density at radius 2 is 1.93 bits per heavy atom. The Kier molecular flexibility index (Phi) is 2.66. The van der Waals surface area contributed by atoms with Crippen molar-refractivity contribution < 1.29 is 4.74 Å². The van der Waals surface area contributed by atoms with Crippen LogP contribution in [0.25, 0.3) is 0 Å². The highest BCUT2D eigenvalue weighted by Crippen LogP contribution is 2.35. The lowest BCUT2D eigenvalue weighted by Crippen LogP contribution is -2.24. The third-order valence-electron chi connectivity index (χ3n) is 2.57. The van der Waals surface area contributed by atoms with Crippen LogP contribution in [-0.2, 0) is 0 Å². The molecule has 3 heteroatoms. The van der Waals surface area contributed by atoms with Crippen molar-refractivity contribution in [3.8, 4) is 5.75 Å². The second kappa shape index (κ2) is 3.79. The van der Waals surface area contributed by atoms with Crippen molar-refractivity contribution in [1.82, 2.24) is 0 Å². The molecule has 0 heterocycles. The van der Waals surface area contributed by atoms with E-state index in [1.165, 1.54) is 0 Å². The van der Waals surface area contributed by atoms with E-state index in [4.69, 9.17) is 22.1 Å². The molecular formula is C11H14ClNO. The lowest BCUT2D eigenvalue weighted by molar-refractivity contribution is 0.293. The fraction of sp³-hybridized carbons (Fsp3) is 0.455. The van der Waals surface area contributed by atoms with E-state index in [2.05, 4.69) is 0 Å². The summed E-state index contributed by atoms with van der Waals surface area (Å²) in [6.07, 6.45) is 3.21. The molecule has 0 bridgehead atoms. The van der Waals surface area contributed by atoms with E-state index in [1.807, 2.05) is 24.3 Å². The van der Waals surface area contributed by atoms with Gasteiger partial charge in [-0.25, -0.2) is 0 Å². The maximum Gasteiger partial charge on any atom is 0.119 e. The minimum Gasteiger partial charge on any atom is -0.494 e. The Morgan fingerprint density at radius 3 is 2.50 bits per heavy atom. The van der Waals surface area contributed by atoms with Gasteiger partial charge in [0.1, 0.15) is 5.75 Å². The zero-order valence-corrected chi connectivity index (χ0v) is 8.76. The van der Waals surface area contributed by atoms with Crippen LogP contribution in [0.1, 0.15) is 19.3 Å². The molecule has 0 saturated heterocycles. The van der Waals surface area contributed by atoms with Gasteiger partial charge in [0.2, 0.25) is 0 Å². The van der Waals surface area contributed by atoms with Crippen LogP contribution in [0.5, 0.6) is 5.75 Å². The Labute approximate surface area is 89.0 Å². The number of hydrogen-bond donors (Lipinski definition) is 1. The Bertz CT molecular complexity index is 306. The zero-order chi connectivity index (χ0) is 10.0. The van der Waals surface area contributed by atoms with Gasteiger partial charge >= 0.3 is 0 Å². The standard InChI is InChI=1S/C11H14ClNO/c12-9-1-3-10(4-2-9)14-8-7-11(13)5-6-11/h1-4H,5-8,13H2. The van der Waals surface area contributed by atoms with Gasteiger partial charge in [0.05, 0.1) is 6.61 Å². The molecule has 1 aromatic rings. The molecule has 1 saturated carbocycles. The fourth-order valence-electron chi connectivity index (χ4n) is 1.31. The number of benzene rings is 1. The highest BCUT2D eigenvalue weighted by atomic mass is 35.5. The third kappa shape index (κ3) is 2.63. The van der Waals surface area contributed by atoms with E-state index in [0.29, 0.717) is 6.61 Å². The molecule has 2 rings (SSSR count). The predicted octanol–water partition coefficient (Wildman–Crippen LogP) is 2.60. The number of nitrogens with two attached hydrogens (primary N) is 1. The van der Waals surface area contributed by atoms with Crippen molar-refractivity contribution in [2.45, 2.75) is 24.8 Å². The normalized spacial score (nSPS) is 17.9. The van der Waals surface area contributed by atoms with Crippen LogP contribution in [0.4, 0.5) is 0 Å². The van der Waals surface area contributed by atoms with Crippen LogP contribution in [0.15, 0.2) is 24.3 Å². The van der Waals surface area contributed by atoms with Gasteiger partial charge in [-0.1, -0.05) is 11.6 Å². The second-order valence-electron chi connectivity index (χ2n) is 3.91. The first-order chi connectivity index (χ1) is 6.68. The maximum absolute atomic E-state index is 5.93.